The molecule has 4 nitrogen and oxygen atoms in total. The molecule has 0 aliphatic rings. The molecule has 3 N–H and O–H groups in total. The minimum absolute atomic E-state index is 0.0630. The van der Waals surface area contributed by atoms with Crippen LogP contribution in [0.15, 0.2) is 35.2 Å². The highest BCUT2D eigenvalue weighted by Crippen LogP contribution is 2.33. The third kappa shape index (κ3) is 3.37. The van der Waals surface area contributed by atoms with Crippen molar-refractivity contribution in [3.63, 3.8) is 0 Å². The molecule has 0 saturated heterocycles. The highest BCUT2D eigenvalue weighted by Gasteiger charge is 2.22. The number of sulfonamides is 1. The van der Waals surface area contributed by atoms with Crippen molar-refractivity contribution in [2.24, 2.45) is 0 Å². The highest BCUT2D eigenvalue weighted by atomic mass is 35.5. The lowest BCUT2D eigenvalue weighted by molar-refractivity contribution is 0.570. The zero-order chi connectivity index (χ0) is 15.8. The van der Waals surface area contributed by atoms with Crippen molar-refractivity contribution in [2.45, 2.75) is 4.90 Å². The highest BCUT2D eigenvalue weighted by molar-refractivity contribution is 7.92. The molecule has 9 heteroatoms. The molecule has 0 aromatic heterocycles. The van der Waals surface area contributed by atoms with E-state index < -0.39 is 26.6 Å². The predicted molar refractivity (Wildman–Crippen MR) is 78.0 cm³/mol. The van der Waals surface area contributed by atoms with E-state index in [1.165, 1.54) is 6.07 Å². The van der Waals surface area contributed by atoms with E-state index in [0.717, 1.165) is 24.3 Å². The Morgan fingerprint density at radius 1 is 1.05 bits per heavy atom. The monoisotopic (exact) mass is 352 g/mol. The third-order valence-electron chi connectivity index (χ3n) is 2.49. The molecule has 2 rings (SSSR count). The summed E-state index contributed by atoms with van der Waals surface area (Å²) in [5.41, 5.74) is 5.25. The van der Waals surface area contributed by atoms with Crippen molar-refractivity contribution in [3.05, 3.63) is 52.0 Å². The van der Waals surface area contributed by atoms with Gasteiger partial charge in [0, 0.05) is 5.69 Å². The van der Waals surface area contributed by atoms with Crippen LogP contribution in [-0.4, -0.2) is 8.42 Å². The molecular weight excluding hydrogens is 345 g/mol. The Morgan fingerprint density at radius 3 is 2.19 bits per heavy atom. The molecule has 0 fully saturated rings. The van der Waals surface area contributed by atoms with Crippen LogP contribution in [0.1, 0.15) is 0 Å². The summed E-state index contributed by atoms with van der Waals surface area (Å²) in [6.45, 7) is 0. The van der Waals surface area contributed by atoms with Gasteiger partial charge in [-0.15, -0.1) is 0 Å². The molecule has 2 aromatic rings. The molecule has 0 aliphatic heterocycles. The van der Waals surface area contributed by atoms with Gasteiger partial charge in [0.25, 0.3) is 10.0 Å². The van der Waals surface area contributed by atoms with E-state index in [2.05, 4.69) is 0 Å². The van der Waals surface area contributed by atoms with Crippen LogP contribution >= 0.6 is 23.2 Å². The first-order chi connectivity index (χ1) is 9.70. The summed E-state index contributed by atoms with van der Waals surface area (Å²) in [5, 5.41) is -0.513. The van der Waals surface area contributed by atoms with Gasteiger partial charge in [-0.1, -0.05) is 23.2 Å². The van der Waals surface area contributed by atoms with E-state index in [9.17, 15) is 17.2 Å². The number of rotatable bonds is 3. The lowest BCUT2D eigenvalue weighted by Gasteiger charge is -2.12. The van der Waals surface area contributed by atoms with Crippen LogP contribution in [0.4, 0.5) is 20.2 Å². The first-order valence-corrected chi connectivity index (χ1v) is 7.67. The number of nitrogens with one attached hydrogen (secondary N) is 1. The first kappa shape index (κ1) is 15.8. The Morgan fingerprint density at radius 2 is 1.62 bits per heavy atom. The molecular formula is C12H8Cl2F2N2O2S. The number of benzene rings is 2. The van der Waals surface area contributed by atoms with Gasteiger partial charge in [0.1, 0.15) is 16.5 Å². The summed E-state index contributed by atoms with van der Waals surface area (Å²) in [6.07, 6.45) is 0. The second kappa shape index (κ2) is 5.67. The molecule has 0 bridgehead atoms. The van der Waals surface area contributed by atoms with Crippen molar-refractivity contribution in [1.82, 2.24) is 0 Å². The number of hydrogen-bond acceptors (Lipinski definition) is 3. The predicted octanol–water partition coefficient (Wildman–Crippen LogP) is 3.65. The molecule has 2 aromatic carbocycles. The Balaban J connectivity index is 2.50. The number of nitrogens with two attached hydrogens (primary N) is 1. The average molecular weight is 353 g/mol. The normalized spacial score (nSPS) is 11.4. The fourth-order valence-electron chi connectivity index (χ4n) is 1.55. The van der Waals surface area contributed by atoms with Gasteiger partial charge in [-0.25, -0.2) is 17.2 Å². The zero-order valence-corrected chi connectivity index (χ0v) is 12.5. The van der Waals surface area contributed by atoms with Gasteiger partial charge >= 0.3 is 0 Å². The molecule has 0 saturated carbocycles. The molecule has 0 aliphatic carbocycles. The van der Waals surface area contributed by atoms with Crippen molar-refractivity contribution >= 4 is 44.6 Å². The van der Waals surface area contributed by atoms with Crippen molar-refractivity contribution in [1.29, 1.82) is 0 Å². The minimum Gasteiger partial charge on any atom is -0.399 e. The minimum atomic E-state index is -4.32. The summed E-state index contributed by atoms with van der Waals surface area (Å²) in [4.78, 5) is -0.668. The Bertz CT molecular complexity index is 790. The van der Waals surface area contributed by atoms with Crippen LogP contribution in [0, 0.1) is 11.6 Å². The summed E-state index contributed by atoms with van der Waals surface area (Å²) in [7, 11) is -4.32. The maximum Gasteiger partial charge on any atom is 0.264 e. The van der Waals surface area contributed by atoms with Crippen LogP contribution in [0.2, 0.25) is 10.0 Å². The molecule has 0 atom stereocenters. The summed E-state index contributed by atoms with van der Waals surface area (Å²) in [6, 6.07) is 4.83. The van der Waals surface area contributed by atoms with E-state index in [-0.39, 0.29) is 21.4 Å². The summed E-state index contributed by atoms with van der Waals surface area (Å²) >= 11 is 11.5. The van der Waals surface area contributed by atoms with Gasteiger partial charge in [0.15, 0.2) is 0 Å². The Hall–Kier alpha value is -1.57. The van der Waals surface area contributed by atoms with Crippen molar-refractivity contribution in [2.75, 3.05) is 10.5 Å². The van der Waals surface area contributed by atoms with Crippen LogP contribution in [0.5, 0.6) is 0 Å². The Labute approximate surface area is 129 Å². The van der Waals surface area contributed by atoms with E-state index in [4.69, 9.17) is 28.9 Å². The maximum absolute atomic E-state index is 13.6. The van der Waals surface area contributed by atoms with Gasteiger partial charge in [-0.2, -0.15) is 0 Å². The van der Waals surface area contributed by atoms with E-state index >= 15 is 0 Å². The lowest BCUT2D eigenvalue weighted by atomic mass is 10.3. The zero-order valence-electron chi connectivity index (χ0n) is 10.2. The van der Waals surface area contributed by atoms with Gasteiger partial charge < -0.3 is 5.73 Å². The largest absolute Gasteiger partial charge is 0.399 e. The van der Waals surface area contributed by atoms with Crippen LogP contribution in [0.3, 0.4) is 0 Å². The molecule has 21 heavy (non-hydrogen) atoms. The topological polar surface area (TPSA) is 72.2 Å². The van der Waals surface area contributed by atoms with Gasteiger partial charge in [-0.3, -0.25) is 4.72 Å². The van der Waals surface area contributed by atoms with Gasteiger partial charge in [0.05, 0.1) is 15.7 Å². The van der Waals surface area contributed by atoms with Crippen molar-refractivity contribution in [3.8, 4) is 0 Å². The van der Waals surface area contributed by atoms with Gasteiger partial charge in [-0.05, 0) is 30.3 Å². The van der Waals surface area contributed by atoms with E-state index in [1.54, 1.807) is 0 Å². The quantitative estimate of drug-likeness (QED) is 0.828. The molecule has 0 amide bonds. The number of anilines is 2. The number of halogens is 4. The van der Waals surface area contributed by atoms with Gasteiger partial charge in [0.2, 0.25) is 0 Å². The second-order valence-electron chi connectivity index (χ2n) is 4.04. The van der Waals surface area contributed by atoms with E-state index in [0.29, 0.717) is 0 Å². The van der Waals surface area contributed by atoms with E-state index in [1.807, 2.05) is 4.72 Å². The van der Waals surface area contributed by atoms with Crippen LogP contribution in [0.25, 0.3) is 0 Å². The number of nitrogen functional groups attached to an aromatic ring is 1. The standard InChI is InChI=1S/C12H8Cl2F2N2O2S/c13-8-3-6(15)4-9(14)12(8)18-21(19,20)11-5-7(17)1-2-10(11)16/h1-5,18H,17H2. The maximum atomic E-state index is 13.6. The molecule has 0 radical (unpaired) electrons. The summed E-state index contributed by atoms with van der Waals surface area (Å²) < 4.78 is 53.0. The SMILES string of the molecule is Nc1ccc(F)c(S(=O)(=O)Nc2c(Cl)cc(F)cc2Cl)c1. The second-order valence-corrected chi connectivity index (χ2v) is 6.51. The number of hydrogen-bond donors (Lipinski definition) is 2. The van der Waals surface area contributed by atoms with Crippen LogP contribution < -0.4 is 10.5 Å². The first-order valence-electron chi connectivity index (χ1n) is 5.43. The van der Waals surface area contributed by atoms with Crippen LogP contribution in [-0.2, 0) is 10.0 Å². The Kier molecular flexibility index (Phi) is 4.27. The third-order valence-corrected chi connectivity index (χ3v) is 4.45. The summed E-state index contributed by atoms with van der Waals surface area (Å²) in [5.74, 6) is -1.73. The fourth-order valence-corrected chi connectivity index (χ4v) is 3.44. The van der Waals surface area contributed by atoms with Crippen molar-refractivity contribution < 1.29 is 17.2 Å². The smallest absolute Gasteiger partial charge is 0.264 e. The molecule has 0 unspecified atom stereocenters. The lowest BCUT2D eigenvalue weighted by Crippen LogP contribution is -2.15. The average Bonchev–Trinajstić information content (AvgIpc) is 2.36. The molecule has 0 heterocycles. The molecule has 0 spiro atoms. The fraction of sp³-hybridized carbons (Fsp3) is 0. The molecule has 112 valence electrons.